The first-order chi connectivity index (χ1) is 6.90. The molecule has 0 atom stereocenters. The fourth-order valence-electron chi connectivity index (χ4n) is 1.28. The zero-order chi connectivity index (χ0) is 11.6. The SMILES string of the molecule is CCc1cc(Cl)c(C(F)(F)F)cc1OC. The Balaban J connectivity index is 3.32. The largest absolute Gasteiger partial charge is 0.496 e. The molecule has 5 heteroatoms. The van der Waals surface area contributed by atoms with Crippen LogP contribution in [0.1, 0.15) is 18.1 Å². The second kappa shape index (κ2) is 4.31. The van der Waals surface area contributed by atoms with Crippen molar-refractivity contribution in [3.8, 4) is 5.75 Å². The summed E-state index contributed by atoms with van der Waals surface area (Å²) in [5, 5.41) is -0.292. The Bertz CT molecular complexity index is 360. The summed E-state index contributed by atoms with van der Waals surface area (Å²) in [5.74, 6) is 0.217. The van der Waals surface area contributed by atoms with Crippen molar-refractivity contribution in [1.82, 2.24) is 0 Å². The Morgan fingerprint density at radius 3 is 2.33 bits per heavy atom. The summed E-state index contributed by atoms with van der Waals surface area (Å²) >= 11 is 5.55. The maximum Gasteiger partial charge on any atom is 0.417 e. The molecule has 0 aromatic heterocycles. The van der Waals surface area contributed by atoms with E-state index < -0.39 is 11.7 Å². The molecule has 0 spiro atoms. The van der Waals surface area contributed by atoms with Crippen LogP contribution in [0.4, 0.5) is 13.2 Å². The average Bonchev–Trinajstić information content (AvgIpc) is 2.15. The molecule has 15 heavy (non-hydrogen) atoms. The van der Waals surface area contributed by atoms with Gasteiger partial charge in [-0.2, -0.15) is 13.2 Å². The molecule has 1 nitrogen and oxygen atoms in total. The highest BCUT2D eigenvalue weighted by molar-refractivity contribution is 6.31. The first-order valence-electron chi connectivity index (χ1n) is 4.33. The molecule has 0 bridgehead atoms. The minimum Gasteiger partial charge on any atom is -0.496 e. The standard InChI is InChI=1S/C10H10ClF3O/c1-3-6-4-8(11)7(10(12,13)14)5-9(6)15-2/h4-5H,3H2,1-2H3. The number of hydrogen-bond donors (Lipinski definition) is 0. The van der Waals surface area contributed by atoms with Gasteiger partial charge in [0.05, 0.1) is 17.7 Å². The Kier molecular flexibility index (Phi) is 3.50. The van der Waals surface area contributed by atoms with E-state index in [1.54, 1.807) is 0 Å². The topological polar surface area (TPSA) is 9.23 Å². The van der Waals surface area contributed by atoms with Gasteiger partial charge in [0.15, 0.2) is 0 Å². The van der Waals surface area contributed by atoms with Crippen LogP contribution in [0.3, 0.4) is 0 Å². The van der Waals surface area contributed by atoms with Gasteiger partial charge in [0, 0.05) is 0 Å². The lowest BCUT2D eigenvalue weighted by molar-refractivity contribution is -0.137. The highest BCUT2D eigenvalue weighted by Gasteiger charge is 2.34. The van der Waals surface area contributed by atoms with Crippen LogP contribution in [0.15, 0.2) is 12.1 Å². The maximum atomic E-state index is 12.5. The van der Waals surface area contributed by atoms with Crippen molar-refractivity contribution >= 4 is 11.6 Å². The molecular formula is C10H10ClF3O. The van der Waals surface area contributed by atoms with Crippen molar-refractivity contribution in [1.29, 1.82) is 0 Å². The molecule has 0 saturated carbocycles. The van der Waals surface area contributed by atoms with Crippen molar-refractivity contribution in [2.24, 2.45) is 0 Å². The van der Waals surface area contributed by atoms with Crippen LogP contribution < -0.4 is 4.74 Å². The summed E-state index contributed by atoms with van der Waals surface area (Å²) in [6, 6.07) is 2.23. The van der Waals surface area contributed by atoms with Crippen LogP contribution in [-0.4, -0.2) is 7.11 Å². The average molecular weight is 239 g/mol. The van der Waals surface area contributed by atoms with Gasteiger partial charge in [-0.1, -0.05) is 18.5 Å². The Morgan fingerprint density at radius 1 is 1.33 bits per heavy atom. The lowest BCUT2D eigenvalue weighted by Gasteiger charge is -2.13. The van der Waals surface area contributed by atoms with Crippen LogP contribution in [0.25, 0.3) is 0 Å². The predicted octanol–water partition coefficient (Wildman–Crippen LogP) is 3.93. The molecule has 0 saturated heterocycles. The molecule has 0 aliphatic heterocycles. The fraction of sp³-hybridized carbons (Fsp3) is 0.400. The van der Waals surface area contributed by atoms with Crippen LogP contribution in [0.5, 0.6) is 5.75 Å². The van der Waals surface area contributed by atoms with Crippen LogP contribution in [-0.2, 0) is 12.6 Å². The number of aryl methyl sites for hydroxylation is 1. The number of benzene rings is 1. The second-order valence-corrected chi connectivity index (χ2v) is 3.40. The van der Waals surface area contributed by atoms with Crippen molar-refractivity contribution in [2.75, 3.05) is 7.11 Å². The van der Waals surface area contributed by atoms with Gasteiger partial charge in [-0.3, -0.25) is 0 Å². The van der Waals surface area contributed by atoms with E-state index in [0.29, 0.717) is 12.0 Å². The van der Waals surface area contributed by atoms with Crippen molar-refractivity contribution < 1.29 is 17.9 Å². The monoisotopic (exact) mass is 238 g/mol. The summed E-state index contributed by atoms with van der Waals surface area (Å²) in [6.07, 6.45) is -3.88. The third-order valence-electron chi connectivity index (χ3n) is 2.06. The Hall–Kier alpha value is -0.900. The normalized spacial score (nSPS) is 11.6. The third kappa shape index (κ3) is 2.56. The lowest BCUT2D eigenvalue weighted by Crippen LogP contribution is -2.07. The van der Waals surface area contributed by atoms with Crippen molar-refractivity contribution in [3.63, 3.8) is 0 Å². The molecule has 0 unspecified atom stereocenters. The van der Waals surface area contributed by atoms with Crippen LogP contribution in [0, 0.1) is 0 Å². The molecule has 0 N–H and O–H groups in total. The molecular weight excluding hydrogens is 229 g/mol. The van der Waals surface area contributed by atoms with Crippen molar-refractivity contribution in [2.45, 2.75) is 19.5 Å². The molecule has 0 aliphatic carbocycles. The Morgan fingerprint density at radius 2 is 1.93 bits per heavy atom. The summed E-state index contributed by atoms with van der Waals surface area (Å²) in [6.45, 7) is 1.82. The van der Waals surface area contributed by atoms with Crippen LogP contribution in [0.2, 0.25) is 5.02 Å². The molecule has 1 aromatic carbocycles. The zero-order valence-electron chi connectivity index (χ0n) is 8.28. The number of ether oxygens (including phenoxy) is 1. The van der Waals surface area contributed by atoms with Crippen LogP contribution >= 0.6 is 11.6 Å². The van der Waals surface area contributed by atoms with Gasteiger partial charge < -0.3 is 4.74 Å². The quantitative estimate of drug-likeness (QED) is 0.759. The van der Waals surface area contributed by atoms with Gasteiger partial charge in [0.1, 0.15) is 5.75 Å². The maximum absolute atomic E-state index is 12.5. The van der Waals surface area contributed by atoms with E-state index in [-0.39, 0.29) is 10.8 Å². The predicted molar refractivity (Wildman–Crippen MR) is 52.4 cm³/mol. The van der Waals surface area contributed by atoms with E-state index in [2.05, 4.69) is 0 Å². The number of alkyl halides is 3. The van der Waals surface area contributed by atoms with E-state index in [1.165, 1.54) is 13.2 Å². The van der Waals surface area contributed by atoms with Gasteiger partial charge in [0.2, 0.25) is 0 Å². The highest BCUT2D eigenvalue weighted by Crippen LogP contribution is 2.38. The Labute approximate surface area is 90.8 Å². The second-order valence-electron chi connectivity index (χ2n) is 3.00. The molecule has 1 aromatic rings. The highest BCUT2D eigenvalue weighted by atomic mass is 35.5. The van der Waals surface area contributed by atoms with Gasteiger partial charge >= 0.3 is 6.18 Å². The summed E-state index contributed by atoms with van der Waals surface area (Å²) < 4.78 is 42.3. The van der Waals surface area contributed by atoms with E-state index in [9.17, 15) is 13.2 Å². The van der Waals surface area contributed by atoms with E-state index in [0.717, 1.165) is 6.07 Å². The first-order valence-corrected chi connectivity index (χ1v) is 4.71. The molecule has 0 radical (unpaired) electrons. The number of methoxy groups -OCH3 is 1. The summed E-state index contributed by atoms with van der Waals surface area (Å²) in [5.41, 5.74) is -0.200. The van der Waals surface area contributed by atoms with E-state index >= 15 is 0 Å². The summed E-state index contributed by atoms with van der Waals surface area (Å²) in [7, 11) is 1.34. The minimum atomic E-state index is -4.45. The molecule has 0 fully saturated rings. The fourth-order valence-corrected chi connectivity index (χ4v) is 1.57. The molecule has 0 amide bonds. The smallest absolute Gasteiger partial charge is 0.417 e. The molecule has 1 rings (SSSR count). The molecule has 0 aliphatic rings. The van der Waals surface area contributed by atoms with Crippen molar-refractivity contribution in [3.05, 3.63) is 28.3 Å². The number of rotatable bonds is 2. The van der Waals surface area contributed by atoms with Gasteiger partial charge in [0.25, 0.3) is 0 Å². The minimum absolute atomic E-state index is 0.217. The first kappa shape index (κ1) is 12.2. The van der Waals surface area contributed by atoms with Gasteiger partial charge in [-0.05, 0) is 24.1 Å². The van der Waals surface area contributed by atoms with E-state index in [4.69, 9.17) is 16.3 Å². The third-order valence-corrected chi connectivity index (χ3v) is 2.37. The van der Waals surface area contributed by atoms with E-state index in [1.807, 2.05) is 6.92 Å². The molecule has 0 heterocycles. The number of hydrogen-bond acceptors (Lipinski definition) is 1. The van der Waals surface area contributed by atoms with Gasteiger partial charge in [-0.15, -0.1) is 0 Å². The van der Waals surface area contributed by atoms with Gasteiger partial charge in [-0.25, -0.2) is 0 Å². The number of halogens is 4. The summed E-state index contributed by atoms with van der Waals surface area (Å²) in [4.78, 5) is 0. The lowest BCUT2D eigenvalue weighted by atomic mass is 10.1. The molecule has 84 valence electrons. The zero-order valence-corrected chi connectivity index (χ0v) is 9.04.